The number of nitro groups is 1. The van der Waals surface area contributed by atoms with E-state index in [4.69, 9.17) is 10.8 Å². The Morgan fingerprint density at radius 2 is 2.21 bits per heavy atom. The summed E-state index contributed by atoms with van der Waals surface area (Å²) in [6.07, 6.45) is -3.11. The van der Waals surface area contributed by atoms with Crippen LogP contribution in [0.1, 0.15) is 12.1 Å². The van der Waals surface area contributed by atoms with Crippen molar-refractivity contribution in [3.63, 3.8) is 0 Å². The molecule has 0 saturated heterocycles. The van der Waals surface area contributed by atoms with Crippen molar-refractivity contribution in [2.75, 3.05) is 5.73 Å². The van der Waals surface area contributed by atoms with Gasteiger partial charge in [0.25, 0.3) is 5.69 Å². The summed E-state index contributed by atoms with van der Waals surface area (Å²) in [6.45, 7) is 0. The highest BCUT2D eigenvalue weighted by molar-refractivity contribution is 5.57. The lowest BCUT2D eigenvalue weighted by Crippen LogP contribution is -2.00. The number of hydrogen-bond donors (Lipinski definition) is 2. The zero-order valence-corrected chi connectivity index (χ0v) is 6.65. The van der Waals surface area contributed by atoms with Gasteiger partial charge in [-0.25, -0.2) is 8.78 Å². The van der Waals surface area contributed by atoms with Gasteiger partial charge in [0.15, 0.2) is 5.75 Å². The van der Waals surface area contributed by atoms with E-state index in [9.17, 15) is 18.9 Å². The van der Waals surface area contributed by atoms with Crippen LogP contribution in [-0.2, 0) is 0 Å². The summed E-state index contributed by atoms with van der Waals surface area (Å²) in [5, 5.41) is 19.2. The molecule has 8 heteroatoms. The van der Waals surface area contributed by atoms with E-state index in [1.165, 1.54) is 0 Å². The van der Waals surface area contributed by atoms with Gasteiger partial charge in [0.2, 0.25) is 0 Å². The number of aromatic hydroxyl groups is 1. The first-order chi connectivity index (χ1) is 6.43. The van der Waals surface area contributed by atoms with E-state index in [1.807, 2.05) is 0 Å². The van der Waals surface area contributed by atoms with Gasteiger partial charge >= 0.3 is 12.2 Å². The number of hydrogen-bond acceptors (Lipinski definition) is 5. The van der Waals surface area contributed by atoms with Crippen molar-refractivity contribution >= 4 is 11.5 Å². The van der Waals surface area contributed by atoms with Gasteiger partial charge in [-0.1, -0.05) is 0 Å². The van der Waals surface area contributed by atoms with E-state index in [-0.39, 0.29) is 0 Å². The molecule has 0 radical (unpaired) electrons. The minimum absolute atomic E-state index is 0.498. The zero-order chi connectivity index (χ0) is 10.9. The van der Waals surface area contributed by atoms with Crippen LogP contribution in [0.4, 0.5) is 20.3 Å². The average Bonchev–Trinajstić information content (AvgIpc) is 2.08. The molecule has 76 valence electrons. The van der Waals surface area contributed by atoms with Crippen LogP contribution in [0.3, 0.4) is 0 Å². The average molecular weight is 205 g/mol. The fourth-order valence-electron chi connectivity index (χ4n) is 0.810. The Morgan fingerprint density at radius 1 is 1.64 bits per heavy atom. The van der Waals surface area contributed by atoms with Gasteiger partial charge in [0, 0.05) is 0 Å². The van der Waals surface area contributed by atoms with Crippen LogP contribution >= 0.6 is 0 Å². The van der Waals surface area contributed by atoms with Crippen LogP contribution in [0.2, 0.25) is 0 Å². The third-order valence-corrected chi connectivity index (χ3v) is 1.43. The van der Waals surface area contributed by atoms with Crippen LogP contribution in [0, 0.1) is 10.1 Å². The standard InChI is InChI=1S/C6H5F2N3O3/c7-6(8)4-5(12)2(9)1-3(10-4)11(13)14/h1,6,12H,(H2,9,10). The van der Waals surface area contributed by atoms with Crippen LogP contribution in [0.15, 0.2) is 6.07 Å². The zero-order valence-electron chi connectivity index (χ0n) is 6.65. The van der Waals surface area contributed by atoms with Crippen molar-refractivity contribution in [2.45, 2.75) is 6.43 Å². The number of nitrogens with zero attached hydrogens (tertiary/aromatic N) is 2. The molecule has 1 heterocycles. The lowest BCUT2D eigenvalue weighted by Gasteiger charge is -2.01. The normalized spacial score (nSPS) is 10.5. The lowest BCUT2D eigenvalue weighted by atomic mass is 10.3. The summed E-state index contributed by atoms with van der Waals surface area (Å²) in [5.41, 5.74) is 3.48. The molecule has 0 bridgehead atoms. The molecule has 0 aromatic carbocycles. The third-order valence-electron chi connectivity index (χ3n) is 1.43. The minimum Gasteiger partial charge on any atom is -0.502 e. The molecular formula is C6H5F2N3O3. The topological polar surface area (TPSA) is 102 Å². The number of pyridine rings is 1. The molecule has 0 aliphatic rings. The Kier molecular flexibility index (Phi) is 2.45. The van der Waals surface area contributed by atoms with Crippen LogP contribution < -0.4 is 5.73 Å². The van der Waals surface area contributed by atoms with Gasteiger partial charge in [-0.3, -0.25) is 0 Å². The summed E-state index contributed by atoms with van der Waals surface area (Å²) in [7, 11) is 0. The first kappa shape index (κ1) is 10.1. The molecular weight excluding hydrogens is 200 g/mol. The molecule has 0 atom stereocenters. The van der Waals surface area contributed by atoms with Crippen LogP contribution in [-0.4, -0.2) is 15.0 Å². The fourth-order valence-corrected chi connectivity index (χ4v) is 0.810. The van der Waals surface area contributed by atoms with Gasteiger partial charge in [-0.15, -0.1) is 0 Å². The molecule has 1 aromatic heterocycles. The lowest BCUT2D eigenvalue weighted by molar-refractivity contribution is -0.389. The van der Waals surface area contributed by atoms with E-state index in [0.29, 0.717) is 6.07 Å². The number of rotatable bonds is 2. The first-order valence-corrected chi connectivity index (χ1v) is 3.35. The summed E-state index contributed by atoms with van der Waals surface area (Å²) >= 11 is 0. The molecule has 14 heavy (non-hydrogen) atoms. The smallest absolute Gasteiger partial charge is 0.366 e. The second-order valence-electron chi connectivity index (χ2n) is 2.36. The summed E-state index contributed by atoms with van der Waals surface area (Å²) < 4.78 is 24.3. The quantitative estimate of drug-likeness (QED) is 0.558. The van der Waals surface area contributed by atoms with E-state index in [2.05, 4.69) is 4.98 Å². The van der Waals surface area contributed by atoms with E-state index >= 15 is 0 Å². The SMILES string of the molecule is Nc1cc([N+](=O)[O-])nc(C(F)F)c1O. The number of nitrogens with two attached hydrogens (primary N) is 1. The molecule has 0 aliphatic heterocycles. The van der Waals surface area contributed by atoms with Crippen LogP contribution in [0.25, 0.3) is 0 Å². The number of aromatic nitrogens is 1. The Morgan fingerprint density at radius 3 is 2.64 bits per heavy atom. The van der Waals surface area contributed by atoms with Gasteiger partial charge in [-0.05, 0) is 9.91 Å². The van der Waals surface area contributed by atoms with Crippen molar-refractivity contribution in [3.05, 3.63) is 21.9 Å². The Hall–Kier alpha value is -1.99. The van der Waals surface area contributed by atoms with Gasteiger partial charge in [0.05, 0.1) is 11.8 Å². The maximum absolute atomic E-state index is 12.2. The summed E-state index contributed by atoms with van der Waals surface area (Å²) in [6, 6.07) is 0.710. The predicted molar refractivity (Wildman–Crippen MR) is 41.9 cm³/mol. The van der Waals surface area contributed by atoms with Crippen LogP contribution in [0.5, 0.6) is 5.75 Å². The molecule has 1 aromatic rings. The Balaban J connectivity index is 3.35. The largest absolute Gasteiger partial charge is 0.502 e. The van der Waals surface area contributed by atoms with E-state index in [1.54, 1.807) is 0 Å². The van der Waals surface area contributed by atoms with Crippen molar-refractivity contribution in [2.24, 2.45) is 0 Å². The third kappa shape index (κ3) is 1.68. The second kappa shape index (κ2) is 3.40. The van der Waals surface area contributed by atoms with Gasteiger partial charge in [-0.2, -0.15) is 0 Å². The summed E-state index contributed by atoms with van der Waals surface area (Å²) in [4.78, 5) is 12.2. The maximum atomic E-state index is 12.2. The van der Waals surface area contributed by atoms with E-state index in [0.717, 1.165) is 0 Å². The monoisotopic (exact) mass is 205 g/mol. The highest BCUT2D eigenvalue weighted by Gasteiger charge is 2.26. The highest BCUT2D eigenvalue weighted by Crippen LogP contribution is 2.33. The number of alkyl halides is 2. The molecule has 0 amide bonds. The Labute approximate surface area is 76.1 Å². The molecule has 1 rings (SSSR count). The minimum atomic E-state index is -3.11. The molecule has 0 spiro atoms. The Bertz CT molecular complexity index is 383. The van der Waals surface area contributed by atoms with Crippen molar-refractivity contribution in [1.82, 2.24) is 4.98 Å². The van der Waals surface area contributed by atoms with Crippen molar-refractivity contribution in [1.29, 1.82) is 0 Å². The molecule has 6 nitrogen and oxygen atoms in total. The maximum Gasteiger partial charge on any atom is 0.366 e. The van der Waals surface area contributed by atoms with E-state index < -0.39 is 34.3 Å². The molecule has 3 N–H and O–H groups in total. The van der Waals surface area contributed by atoms with Gasteiger partial charge in [0.1, 0.15) is 0 Å². The number of nitrogen functional groups attached to an aromatic ring is 1. The fraction of sp³-hybridized carbons (Fsp3) is 0.167. The van der Waals surface area contributed by atoms with Crippen molar-refractivity contribution < 1.29 is 18.8 Å². The summed E-state index contributed by atoms with van der Waals surface area (Å²) in [5.74, 6) is -1.75. The molecule has 0 fully saturated rings. The number of anilines is 1. The van der Waals surface area contributed by atoms with Gasteiger partial charge < -0.3 is 21.0 Å². The second-order valence-corrected chi connectivity index (χ2v) is 2.36. The molecule has 0 unspecified atom stereocenters. The molecule has 0 saturated carbocycles. The number of halogens is 2. The van der Waals surface area contributed by atoms with Crippen molar-refractivity contribution in [3.8, 4) is 5.75 Å². The highest BCUT2D eigenvalue weighted by atomic mass is 19.3. The molecule has 0 aliphatic carbocycles. The first-order valence-electron chi connectivity index (χ1n) is 3.35. The predicted octanol–water partition coefficient (Wildman–Crippen LogP) is 1.22.